The van der Waals surface area contributed by atoms with Gasteiger partial charge in [0.2, 0.25) is 15.9 Å². The van der Waals surface area contributed by atoms with E-state index in [4.69, 9.17) is 11.6 Å². The van der Waals surface area contributed by atoms with E-state index < -0.39 is 16.1 Å². The van der Waals surface area contributed by atoms with Crippen LogP contribution < -0.4 is 5.32 Å². The molecule has 7 heteroatoms. The zero-order valence-corrected chi connectivity index (χ0v) is 16.2. The highest BCUT2D eigenvalue weighted by molar-refractivity contribution is 7.89. The van der Waals surface area contributed by atoms with E-state index in [1.54, 1.807) is 12.1 Å². The van der Waals surface area contributed by atoms with Gasteiger partial charge >= 0.3 is 0 Å². The fourth-order valence-electron chi connectivity index (χ4n) is 3.05. The topological polar surface area (TPSA) is 66.5 Å². The molecule has 0 aliphatic carbocycles. The maximum atomic E-state index is 13.1. The van der Waals surface area contributed by atoms with Gasteiger partial charge in [-0.3, -0.25) is 4.79 Å². The number of sulfonamides is 1. The zero-order chi connectivity index (χ0) is 18.9. The van der Waals surface area contributed by atoms with Gasteiger partial charge in [0.15, 0.2) is 0 Å². The van der Waals surface area contributed by atoms with E-state index in [1.165, 1.54) is 16.4 Å². The van der Waals surface area contributed by atoms with Gasteiger partial charge < -0.3 is 5.32 Å². The van der Waals surface area contributed by atoms with Crippen molar-refractivity contribution in [2.75, 3.05) is 13.1 Å². The molecular weight excluding hydrogens is 372 g/mol. The predicted octanol–water partition coefficient (Wildman–Crippen LogP) is 3.33. The molecule has 3 rings (SSSR count). The van der Waals surface area contributed by atoms with Crippen LogP contribution in [0.25, 0.3) is 0 Å². The number of amides is 1. The van der Waals surface area contributed by atoms with E-state index >= 15 is 0 Å². The van der Waals surface area contributed by atoms with Gasteiger partial charge in [0.1, 0.15) is 6.04 Å². The molecule has 2 aromatic rings. The average molecular weight is 393 g/mol. The molecule has 1 fully saturated rings. The van der Waals surface area contributed by atoms with Gasteiger partial charge in [-0.2, -0.15) is 4.31 Å². The Kier molecular flexibility index (Phi) is 5.37. The minimum absolute atomic E-state index is 0.0866. The SMILES string of the molecule is CC(C)c1ccc(C2C(=O)NCCN2S(=O)(=O)c2cccc(Cl)c2)cc1. The van der Waals surface area contributed by atoms with E-state index in [0.717, 1.165) is 5.56 Å². The predicted molar refractivity (Wildman–Crippen MR) is 102 cm³/mol. The number of carbonyl (C=O) groups excluding carboxylic acids is 1. The Morgan fingerprint density at radius 3 is 2.46 bits per heavy atom. The zero-order valence-electron chi connectivity index (χ0n) is 14.6. The molecule has 0 saturated carbocycles. The lowest BCUT2D eigenvalue weighted by atomic mass is 9.98. The molecule has 5 nitrogen and oxygen atoms in total. The standard InChI is InChI=1S/C19H21ClN2O3S/c1-13(2)14-6-8-15(9-7-14)18-19(23)21-10-11-22(18)26(24,25)17-5-3-4-16(20)12-17/h3-9,12-13,18H,10-11H2,1-2H3,(H,21,23). The van der Waals surface area contributed by atoms with Crippen molar-refractivity contribution in [2.24, 2.45) is 0 Å². The van der Waals surface area contributed by atoms with Crippen molar-refractivity contribution in [3.63, 3.8) is 0 Å². The van der Waals surface area contributed by atoms with Gasteiger partial charge in [0, 0.05) is 18.1 Å². The van der Waals surface area contributed by atoms with Crippen LogP contribution in [-0.2, 0) is 14.8 Å². The molecule has 1 aliphatic rings. The third-order valence-corrected chi connectivity index (χ3v) is 6.58. The minimum atomic E-state index is -3.85. The van der Waals surface area contributed by atoms with Gasteiger partial charge in [-0.05, 0) is 35.2 Å². The van der Waals surface area contributed by atoms with Gasteiger partial charge in [-0.1, -0.05) is 55.8 Å². The normalized spacial score (nSPS) is 18.8. The van der Waals surface area contributed by atoms with E-state index in [1.807, 2.05) is 24.3 Å². The second-order valence-corrected chi connectivity index (χ2v) is 8.92. The molecule has 1 heterocycles. The van der Waals surface area contributed by atoms with E-state index in [9.17, 15) is 13.2 Å². The highest BCUT2D eigenvalue weighted by Crippen LogP contribution is 2.31. The van der Waals surface area contributed by atoms with Crippen LogP contribution in [0.4, 0.5) is 0 Å². The second-order valence-electron chi connectivity index (χ2n) is 6.59. The lowest BCUT2D eigenvalue weighted by Gasteiger charge is -2.34. The monoisotopic (exact) mass is 392 g/mol. The summed E-state index contributed by atoms with van der Waals surface area (Å²) in [7, 11) is -3.85. The van der Waals surface area contributed by atoms with Crippen LogP contribution in [0.3, 0.4) is 0 Å². The van der Waals surface area contributed by atoms with Gasteiger partial charge in [-0.15, -0.1) is 0 Å². The van der Waals surface area contributed by atoms with Crippen molar-refractivity contribution in [3.8, 4) is 0 Å². The van der Waals surface area contributed by atoms with Crippen LogP contribution in [0.15, 0.2) is 53.4 Å². The van der Waals surface area contributed by atoms with Crippen molar-refractivity contribution in [3.05, 3.63) is 64.7 Å². The summed E-state index contributed by atoms with van der Waals surface area (Å²) in [6.45, 7) is 4.65. The summed E-state index contributed by atoms with van der Waals surface area (Å²) in [6, 6.07) is 12.7. The summed E-state index contributed by atoms with van der Waals surface area (Å²) in [6.07, 6.45) is 0. The van der Waals surface area contributed by atoms with Crippen LogP contribution in [0.2, 0.25) is 5.02 Å². The van der Waals surface area contributed by atoms with Crippen molar-refractivity contribution >= 4 is 27.5 Å². The first-order chi connectivity index (χ1) is 12.3. The fraction of sp³-hybridized carbons (Fsp3) is 0.316. The molecule has 1 atom stereocenters. The highest BCUT2D eigenvalue weighted by atomic mass is 35.5. The molecule has 26 heavy (non-hydrogen) atoms. The molecule has 1 unspecified atom stereocenters. The first kappa shape index (κ1) is 18.9. The number of halogens is 1. The summed E-state index contributed by atoms with van der Waals surface area (Å²) in [4.78, 5) is 12.6. The summed E-state index contributed by atoms with van der Waals surface area (Å²) >= 11 is 5.96. The van der Waals surface area contributed by atoms with E-state index in [-0.39, 0.29) is 23.9 Å². The molecule has 0 spiro atoms. The average Bonchev–Trinajstić information content (AvgIpc) is 2.61. The Balaban J connectivity index is 2.02. The molecule has 138 valence electrons. The smallest absolute Gasteiger partial charge is 0.244 e. The second kappa shape index (κ2) is 7.39. The summed E-state index contributed by atoms with van der Waals surface area (Å²) in [5, 5.41) is 3.10. The third kappa shape index (κ3) is 3.63. The van der Waals surface area contributed by atoms with Crippen molar-refractivity contribution in [1.29, 1.82) is 0 Å². The number of nitrogens with one attached hydrogen (secondary N) is 1. The molecule has 0 bridgehead atoms. The Labute approximate surface area is 159 Å². The molecule has 1 saturated heterocycles. The first-order valence-corrected chi connectivity index (χ1v) is 10.3. The largest absolute Gasteiger partial charge is 0.353 e. The number of piperazine rings is 1. The highest BCUT2D eigenvalue weighted by Gasteiger charge is 2.39. The Morgan fingerprint density at radius 1 is 1.15 bits per heavy atom. The Morgan fingerprint density at radius 2 is 1.85 bits per heavy atom. The summed E-state index contributed by atoms with van der Waals surface area (Å²) in [5.74, 6) is 0.0367. The van der Waals surface area contributed by atoms with Gasteiger partial charge in [0.25, 0.3) is 0 Å². The van der Waals surface area contributed by atoms with Crippen LogP contribution in [0, 0.1) is 0 Å². The number of hydrogen-bond acceptors (Lipinski definition) is 3. The number of benzene rings is 2. The molecule has 0 radical (unpaired) electrons. The maximum absolute atomic E-state index is 13.1. The van der Waals surface area contributed by atoms with Crippen LogP contribution >= 0.6 is 11.6 Å². The quantitative estimate of drug-likeness (QED) is 0.867. The number of rotatable bonds is 4. The van der Waals surface area contributed by atoms with Gasteiger partial charge in [-0.25, -0.2) is 8.42 Å². The molecule has 1 N–H and O–H groups in total. The van der Waals surface area contributed by atoms with Crippen LogP contribution in [-0.4, -0.2) is 31.7 Å². The van der Waals surface area contributed by atoms with E-state index in [2.05, 4.69) is 19.2 Å². The maximum Gasteiger partial charge on any atom is 0.244 e. The van der Waals surface area contributed by atoms with Gasteiger partial charge in [0.05, 0.1) is 4.90 Å². The van der Waals surface area contributed by atoms with Crippen molar-refractivity contribution in [2.45, 2.75) is 30.7 Å². The van der Waals surface area contributed by atoms with Crippen molar-refractivity contribution in [1.82, 2.24) is 9.62 Å². The minimum Gasteiger partial charge on any atom is -0.353 e. The number of nitrogens with zero attached hydrogens (tertiary/aromatic N) is 1. The Bertz CT molecular complexity index is 911. The first-order valence-electron chi connectivity index (χ1n) is 8.45. The summed E-state index contributed by atoms with van der Waals surface area (Å²) in [5.41, 5.74) is 1.78. The molecule has 1 aliphatic heterocycles. The number of carbonyl (C=O) groups is 1. The fourth-order valence-corrected chi connectivity index (χ4v) is 4.93. The van der Waals surface area contributed by atoms with E-state index in [0.29, 0.717) is 16.5 Å². The Hall–Kier alpha value is -1.89. The molecule has 2 aromatic carbocycles. The molecule has 1 amide bonds. The van der Waals surface area contributed by atoms with Crippen molar-refractivity contribution < 1.29 is 13.2 Å². The summed E-state index contributed by atoms with van der Waals surface area (Å²) < 4.78 is 27.5. The lowest BCUT2D eigenvalue weighted by Crippen LogP contribution is -2.52. The third-order valence-electron chi connectivity index (χ3n) is 4.49. The lowest BCUT2D eigenvalue weighted by molar-refractivity contribution is -0.126. The van der Waals surface area contributed by atoms with Crippen LogP contribution in [0.5, 0.6) is 0 Å². The molecule has 0 aromatic heterocycles. The number of hydrogen-bond donors (Lipinski definition) is 1. The van der Waals surface area contributed by atoms with Crippen LogP contribution in [0.1, 0.15) is 36.9 Å². The molecular formula is C19H21ClN2O3S.